The second kappa shape index (κ2) is 12.4. The number of carboxylic acids is 1. The molecule has 0 saturated heterocycles. The second-order valence-corrected chi connectivity index (χ2v) is 9.65. The highest BCUT2D eigenvalue weighted by atomic mass is 28.4. The lowest BCUT2D eigenvalue weighted by Gasteiger charge is -2.30. The van der Waals surface area contributed by atoms with Gasteiger partial charge in [-0.1, -0.05) is 39.5 Å². The minimum Gasteiger partial charge on any atom is -0.516 e. The Bertz CT molecular complexity index is 348. The maximum Gasteiger partial charge on any atom is 0.328 e. The zero-order valence-electron chi connectivity index (χ0n) is 14.1. The first-order valence-electron chi connectivity index (χ1n) is 8.12. The van der Waals surface area contributed by atoms with Gasteiger partial charge in [0.25, 0.3) is 8.32 Å². The SMILES string of the molecule is CCC[Si](CCC)(CCCCCOC)OC(=O)/C=C\C(=O)O. The molecule has 0 atom stereocenters. The van der Waals surface area contributed by atoms with Gasteiger partial charge in [0.05, 0.1) is 0 Å². The molecule has 128 valence electrons. The van der Waals surface area contributed by atoms with Gasteiger partial charge in [-0.25, -0.2) is 9.59 Å². The molecule has 0 aromatic rings. The molecule has 0 aliphatic carbocycles. The van der Waals surface area contributed by atoms with Crippen LogP contribution in [0.25, 0.3) is 0 Å². The van der Waals surface area contributed by atoms with Crippen LogP contribution in [0.2, 0.25) is 18.1 Å². The molecule has 0 aliphatic heterocycles. The highest BCUT2D eigenvalue weighted by molar-refractivity contribution is 6.75. The van der Waals surface area contributed by atoms with Crippen LogP contribution >= 0.6 is 0 Å². The molecule has 0 rings (SSSR count). The van der Waals surface area contributed by atoms with Crippen molar-refractivity contribution in [3.8, 4) is 0 Å². The zero-order valence-corrected chi connectivity index (χ0v) is 15.1. The lowest BCUT2D eigenvalue weighted by atomic mass is 10.3. The number of methoxy groups -OCH3 is 1. The summed E-state index contributed by atoms with van der Waals surface area (Å²) in [5.41, 5.74) is 0. The monoisotopic (exact) mass is 330 g/mol. The van der Waals surface area contributed by atoms with E-state index in [4.69, 9.17) is 14.3 Å². The average Bonchev–Trinajstić information content (AvgIpc) is 2.45. The molecule has 0 heterocycles. The van der Waals surface area contributed by atoms with Crippen LogP contribution in [0.5, 0.6) is 0 Å². The van der Waals surface area contributed by atoms with Gasteiger partial charge in [-0.2, -0.15) is 0 Å². The molecular formula is C16H30O5Si. The molecule has 22 heavy (non-hydrogen) atoms. The highest BCUT2D eigenvalue weighted by Crippen LogP contribution is 2.28. The van der Waals surface area contributed by atoms with E-state index >= 15 is 0 Å². The first-order chi connectivity index (χ1) is 10.5. The molecule has 0 bridgehead atoms. The van der Waals surface area contributed by atoms with E-state index in [0.717, 1.165) is 69.0 Å². The smallest absolute Gasteiger partial charge is 0.328 e. The molecule has 0 amide bonds. The average molecular weight is 330 g/mol. The summed E-state index contributed by atoms with van der Waals surface area (Å²) >= 11 is 0. The molecule has 6 heteroatoms. The molecule has 5 nitrogen and oxygen atoms in total. The van der Waals surface area contributed by atoms with Gasteiger partial charge in [0.1, 0.15) is 0 Å². The zero-order chi connectivity index (χ0) is 16.8. The first-order valence-corrected chi connectivity index (χ1v) is 10.7. The molecule has 0 fully saturated rings. The fourth-order valence-electron chi connectivity index (χ4n) is 2.70. The van der Waals surface area contributed by atoms with Gasteiger partial charge in [-0.05, 0) is 24.6 Å². The lowest BCUT2D eigenvalue weighted by molar-refractivity contribution is -0.133. The van der Waals surface area contributed by atoms with Gasteiger partial charge in [0.2, 0.25) is 0 Å². The molecule has 0 saturated carbocycles. The maximum absolute atomic E-state index is 11.9. The molecule has 1 N–H and O–H groups in total. The highest BCUT2D eigenvalue weighted by Gasteiger charge is 2.35. The van der Waals surface area contributed by atoms with Crippen molar-refractivity contribution in [1.29, 1.82) is 0 Å². The van der Waals surface area contributed by atoms with E-state index in [1.54, 1.807) is 7.11 Å². The van der Waals surface area contributed by atoms with Crippen LogP contribution in [-0.2, 0) is 18.8 Å². The number of ether oxygens (including phenoxy) is 1. The Hall–Kier alpha value is -1.14. The summed E-state index contributed by atoms with van der Waals surface area (Å²) in [7, 11) is -0.427. The predicted octanol–water partition coefficient (Wildman–Crippen LogP) is 3.75. The van der Waals surface area contributed by atoms with Gasteiger partial charge in [-0.3, -0.25) is 0 Å². The molecule has 0 aromatic heterocycles. The molecule has 0 spiro atoms. The van der Waals surface area contributed by atoms with E-state index in [-0.39, 0.29) is 0 Å². The van der Waals surface area contributed by atoms with Crippen LogP contribution in [0, 0.1) is 0 Å². The van der Waals surface area contributed by atoms with Crippen molar-refractivity contribution in [2.45, 2.75) is 64.1 Å². The third-order valence-corrected chi connectivity index (χ3v) is 8.29. The number of hydrogen-bond donors (Lipinski definition) is 1. The number of rotatable bonds is 13. The summed E-state index contributed by atoms with van der Waals surface area (Å²) in [5.74, 6) is -1.64. The van der Waals surface area contributed by atoms with E-state index in [1.807, 2.05) is 0 Å². The third kappa shape index (κ3) is 9.73. The predicted molar refractivity (Wildman–Crippen MR) is 89.4 cm³/mol. The Morgan fingerprint density at radius 1 is 1.00 bits per heavy atom. The van der Waals surface area contributed by atoms with Gasteiger partial charge in [0, 0.05) is 25.9 Å². The Labute approximate surface area is 134 Å². The van der Waals surface area contributed by atoms with Gasteiger partial charge < -0.3 is 14.3 Å². The molecular weight excluding hydrogens is 300 g/mol. The Morgan fingerprint density at radius 3 is 2.14 bits per heavy atom. The van der Waals surface area contributed by atoms with E-state index < -0.39 is 20.3 Å². The van der Waals surface area contributed by atoms with Crippen LogP contribution < -0.4 is 0 Å². The largest absolute Gasteiger partial charge is 0.516 e. The second-order valence-electron chi connectivity index (χ2n) is 5.58. The Kier molecular flexibility index (Phi) is 11.8. The Morgan fingerprint density at radius 2 is 1.64 bits per heavy atom. The lowest BCUT2D eigenvalue weighted by Crippen LogP contribution is -2.39. The van der Waals surface area contributed by atoms with E-state index in [0.29, 0.717) is 0 Å². The fraction of sp³-hybridized carbons (Fsp3) is 0.750. The molecule has 0 aliphatic rings. The van der Waals surface area contributed by atoms with Crippen molar-refractivity contribution in [2.24, 2.45) is 0 Å². The molecule has 0 aromatic carbocycles. The van der Waals surface area contributed by atoms with Gasteiger partial charge >= 0.3 is 11.9 Å². The topological polar surface area (TPSA) is 72.8 Å². The van der Waals surface area contributed by atoms with E-state index in [2.05, 4.69) is 13.8 Å². The van der Waals surface area contributed by atoms with Crippen molar-refractivity contribution in [3.63, 3.8) is 0 Å². The van der Waals surface area contributed by atoms with Gasteiger partial charge in [-0.15, -0.1) is 0 Å². The van der Waals surface area contributed by atoms with Crippen molar-refractivity contribution in [3.05, 3.63) is 12.2 Å². The maximum atomic E-state index is 11.9. The molecule has 0 radical (unpaired) electrons. The van der Waals surface area contributed by atoms with Crippen molar-refractivity contribution < 1.29 is 23.9 Å². The summed E-state index contributed by atoms with van der Waals surface area (Å²) in [5, 5.41) is 8.60. The van der Waals surface area contributed by atoms with Crippen LogP contribution in [0.15, 0.2) is 12.2 Å². The fourth-order valence-corrected chi connectivity index (χ4v) is 6.96. The first kappa shape index (κ1) is 20.9. The standard InChI is InChI=1S/C16H30O5Si/c1-4-12-22(13-5-2,14-8-6-7-11-20-3)21-16(19)10-9-15(17)18/h9-10H,4-8,11-14H2,1-3H3,(H,17,18)/b10-9-. The van der Waals surface area contributed by atoms with E-state index in [1.165, 1.54) is 0 Å². The van der Waals surface area contributed by atoms with Crippen molar-refractivity contribution in [1.82, 2.24) is 0 Å². The van der Waals surface area contributed by atoms with Crippen LogP contribution in [0.3, 0.4) is 0 Å². The van der Waals surface area contributed by atoms with Crippen molar-refractivity contribution >= 4 is 20.3 Å². The summed E-state index contributed by atoms with van der Waals surface area (Å²) in [6.45, 7) is 4.96. The number of unbranched alkanes of at least 4 members (excludes halogenated alkanes) is 2. The summed E-state index contributed by atoms with van der Waals surface area (Å²) in [4.78, 5) is 22.4. The number of aliphatic carboxylic acids is 1. The molecule has 0 unspecified atom stereocenters. The minimum absolute atomic E-state index is 0.507. The normalized spacial score (nSPS) is 11.8. The number of hydrogen-bond acceptors (Lipinski definition) is 4. The quantitative estimate of drug-likeness (QED) is 0.316. The van der Waals surface area contributed by atoms with Gasteiger partial charge in [0.15, 0.2) is 0 Å². The summed E-state index contributed by atoms with van der Waals surface area (Å²) in [6, 6.07) is 2.83. The van der Waals surface area contributed by atoms with Crippen LogP contribution in [-0.4, -0.2) is 39.1 Å². The van der Waals surface area contributed by atoms with Crippen molar-refractivity contribution in [2.75, 3.05) is 13.7 Å². The summed E-state index contributed by atoms with van der Waals surface area (Å²) < 4.78 is 10.8. The van der Waals surface area contributed by atoms with Crippen LogP contribution in [0.4, 0.5) is 0 Å². The third-order valence-electron chi connectivity index (χ3n) is 3.57. The van der Waals surface area contributed by atoms with E-state index in [9.17, 15) is 9.59 Å². The Balaban J connectivity index is 4.68. The summed E-state index contributed by atoms with van der Waals surface area (Å²) in [6.07, 6.45) is 6.97. The number of carbonyl (C=O) groups excluding carboxylic acids is 1. The number of carbonyl (C=O) groups is 2. The minimum atomic E-state index is -2.13. The van der Waals surface area contributed by atoms with Crippen LogP contribution in [0.1, 0.15) is 46.0 Å². The number of carboxylic acid groups (broad SMARTS) is 1.